The highest BCUT2D eigenvalue weighted by molar-refractivity contribution is 9.10. The van der Waals surface area contributed by atoms with Gasteiger partial charge < -0.3 is 4.74 Å². The summed E-state index contributed by atoms with van der Waals surface area (Å²) in [5.41, 5.74) is -0.0475. The van der Waals surface area contributed by atoms with Gasteiger partial charge in [-0.1, -0.05) is 28.1 Å². The van der Waals surface area contributed by atoms with Crippen molar-refractivity contribution in [1.82, 2.24) is 0 Å². The highest BCUT2D eigenvalue weighted by Crippen LogP contribution is 2.29. The van der Waals surface area contributed by atoms with E-state index in [1.165, 1.54) is 6.07 Å². The summed E-state index contributed by atoms with van der Waals surface area (Å²) >= 11 is 7.16. The Balaban J connectivity index is 2.78. The third kappa shape index (κ3) is 3.86. The van der Waals surface area contributed by atoms with Crippen LogP contribution in [0.1, 0.15) is 0 Å². The van der Waals surface area contributed by atoms with Gasteiger partial charge in [-0.2, -0.15) is 12.6 Å². The molecule has 0 spiro atoms. The highest BCUT2D eigenvalue weighted by atomic mass is 79.9. The molecule has 0 aliphatic heterocycles. The van der Waals surface area contributed by atoms with Crippen LogP contribution in [0.2, 0.25) is 0 Å². The van der Waals surface area contributed by atoms with Crippen molar-refractivity contribution in [2.75, 3.05) is 12.4 Å². The zero-order chi connectivity index (χ0) is 12.0. The number of benzene rings is 1. The minimum Gasteiger partial charge on any atom is -0.483 e. The van der Waals surface area contributed by atoms with Crippen LogP contribution in [0, 0.1) is 10.1 Å². The van der Waals surface area contributed by atoms with E-state index in [1.54, 1.807) is 18.2 Å². The van der Waals surface area contributed by atoms with Gasteiger partial charge in [-0.15, -0.1) is 0 Å². The molecule has 1 rings (SSSR count). The van der Waals surface area contributed by atoms with E-state index in [0.717, 1.165) is 0 Å². The molecule has 1 aromatic carbocycles. The molecule has 0 unspecified atom stereocenters. The minimum absolute atomic E-state index is 0.0475. The fraction of sp³-hybridized carbons (Fsp3) is 0.200. The Morgan fingerprint density at radius 2 is 2.25 bits per heavy atom. The molecule has 0 aromatic heterocycles. The van der Waals surface area contributed by atoms with Gasteiger partial charge in [0.25, 0.3) is 0 Å². The fourth-order valence-corrected chi connectivity index (χ4v) is 1.53. The van der Waals surface area contributed by atoms with Crippen LogP contribution < -0.4 is 4.74 Å². The normalized spacial score (nSPS) is 10.6. The smallest absolute Gasteiger partial charge is 0.312 e. The van der Waals surface area contributed by atoms with Crippen LogP contribution in [0.15, 0.2) is 34.8 Å². The fourth-order valence-electron chi connectivity index (χ4n) is 1.04. The number of thiol groups is 1. The Morgan fingerprint density at radius 3 is 2.88 bits per heavy atom. The highest BCUT2D eigenvalue weighted by Gasteiger charge is 2.14. The summed E-state index contributed by atoms with van der Waals surface area (Å²) in [5, 5.41) is 10.7. The molecule has 0 saturated carbocycles. The van der Waals surface area contributed by atoms with Crippen molar-refractivity contribution < 1.29 is 9.66 Å². The number of rotatable bonds is 5. The molecule has 0 N–H and O–H groups in total. The van der Waals surface area contributed by atoms with Gasteiger partial charge in [-0.3, -0.25) is 10.1 Å². The number of ether oxygens (including phenoxy) is 1. The average molecular weight is 304 g/mol. The number of hydrogen-bond donors (Lipinski definition) is 1. The predicted octanol–water partition coefficient (Wildman–Crippen LogP) is 3.22. The predicted molar refractivity (Wildman–Crippen MR) is 69.3 cm³/mol. The molecule has 1 aromatic rings. The van der Waals surface area contributed by atoms with E-state index in [0.29, 0.717) is 16.8 Å². The van der Waals surface area contributed by atoms with Crippen molar-refractivity contribution in [1.29, 1.82) is 0 Å². The zero-order valence-corrected chi connectivity index (χ0v) is 10.8. The number of halogens is 1. The maximum Gasteiger partial charge on any atom is 0.312 e. The van der Waals surface area contributed by atoms with Crippen molar-refractivity contribution in [3.05, 3.63) is 44.9 Å². The van der Waals surface area contributed by atoms with Gasteiger partial charge in [-0.25, -0.2) is 0 Å². The molecule has 0 bridgehead atoms. The largest absolute Gasteiger partial charge is 0.483 e. The van der Waals surface area contributed by atoms with Crippen LogP contribution in [-0.2, 0) is 0 Å². The first-order valence-corrected chi connectivity index (χ1v) is 5.90. The van der Waals surface area contributed by atoms with Gasteiger partial charge in [0.05, 0.1) is 4.92 Å². The van der Waals surface area contributed by atoms with Crippen LogP contribution in [0.25, 0.3) is 0 Å². The first-order valence-electron chi connectivity index (χ1n) is 4.47. The van der Waals surface area contributed by atoms with Gasteiger partial charge >= 0.3 is 5.69 Å². The number of nitro benzene ring substituents is 1. The molecule has 16 heavy (non-hydrogen) atoms. The SMILES string of the molecule is O=[N+]([O-])c1cc(Br)ccc1OCC=CCS. The van der Waals surface area contributed by atoms with Crippen molar-refractivity contribution in [2.24, 2.45) is 0 Å². The number of nitrogens with zero attached hydrogens (tertiary/aromatic N) is 1. The molecule has 0 amide bonds. The van der Waals surface area contributed by atoms with E-state index in [9.17, 15) is 10.1 Å². The van der Waals surface area contributed by atoms with E-state index in [4.69, 9.17) is 4.74 Å². The van der Waals surface area contributed by atoms with E-state index in [1.807, 2.05) is 6.08 Å². The van der Waals surface area contributed by atoms with Crippen LogP contribution in [0.4, 0.5) is 5.69 Å². The summed E-state index contributed by atoms with van der Waals surface area (Å²) in [6, 6.07) is 4.68. The number of hydrogen-bond acceptors (Lipinski definition) is 4. The van der Waals surface area contributed by atoms with Crippen LogP contribution in [0.5, 0.6) is 5.75 Å². The quantitative estimate of drug-likeness (QED) is 0.393. The molecule has 0 fully saturated rings. The minimum atomic E-state index is -0.470. The monoisotopic (exact) mass is 303 g/mol. The summed E-state index contributed by atoms with van der Waals surface area (Å²) < 4.78 is 5.92. The van der Waals surface area contributed by atoms with Crippen molar-refractivity contribution in [2.45, 2.75) is 0 Å². The second-order valence-corrected chi connectivity index (χ2v) is 4.11. The van der Waals surface area contributed by atoms with Gasteiger partial charge in [0.2, 0.25) is 0 Å². The molecule has 0 aliphatic carbocycles. The van der Waals surface area contributed by atoms with E-state index in [2.05, 4.69) is 28.6 Å². The standard InChI is InChI=1S/C10H10BrNO3S/c11-8-3-4-10(9(7-8)12(13)14)15-5-1-2-6-16/h1-4,7,16H,5-6H2. The molecule has 0 heterocycles. The maximum absolute atomic E-state index is 10.7. The molecule has 6 heteroatoms. The third-order valence-corrected chi connectivity index (χ3v) is 2.43. The summed E-state index contributed by atoms with van der Waals surface area (Å²) in [5.74, 6) is 0.878. The zero-order valence-electron chi connectivity index (χ0n) is 8.30. The Labute approximate surface area is 107 Å². The molecular weight excluding hydrogens is 294 g/mol. The summed E-state index contributed by atoms with van der Waals surface area (Å²) in [6.45, 7) is 0.295. The first kappa shape index (κ1) is 13.1. The van der Waals surface area contributed by atoms with Crippen molar-refractivity contribution in [3.63, 3.8) is 0 Å². The second-order valence-electron chi connectivity index (χ2n) is 2.83. The first-order chi connectivity index (χ1) is 7.65. The van der Waals surface area contributed by atoms with E-state index in [-0.39, 0.29) is 11.4 Å². The third-order valence-electron chi connectivity index (χ3n) is 1.72. The second kappa shape index (κ2) is 6.55. The lowest BCUT2D eigenvalue weighted by molar-refractivity contribution is -0.385. The van der Waals surface area contributed by atoms with Crippen LogP contribution in [0.3, 0.4) is 0 Å². The van der Waals surface area contributed by atoms with Crippen LogP contribution >= 0.6 is 28.6 Å². The Morgan fingerprint density at radius 1 is 1.50 bits per heavy atom. The van der Waals surface area contributed by atoms with Gasteiger partial charge in [0.1, 0.15) is 6.61 Å². The summed E-state index contributed by atoms with van der Waals surface area (Å²) in [6.07, 6.45) is 3.58. The summed E-state index contributed by atoms with van der Waals surface area (Å²) in [4.78, 5) is 10.3. The average Bonchev–Trinajstić information content (AvgIpc) is 2.26. The lowest BCUT2D eigenvalue weighted by atomic mass is 10.3. The van der Waals surface area contributed by atoms with Crippen molar-refractivity contribution >= 4 is 34.2 Å². The Bertz CT molecular complexity index is 409. The molecule has 0 saturated heterocycles. The molecular formula is C10H10BrNO3S. The lowest BCUT2D eigenvalue weighted by Crippen LogP contribution is -1.98. The van der Waals surface area contributed by atoms with Crippen LogP contribution in [-0.4, -0.2) is 17.3 Å². The van der Waals surface area contributed by atoms with Gasteiger partial charge in [-0.05, 0) is 12.1 Å². The van der Waals surface area contributed by atoms with E-state index >= 15 is 0 Å². The molecule has 0 radical (unpaired) electrons. The molecule has 0 atom stereocenters. The van der Waals surface area contributed by atoms with Gasteiger partial charge in [0.15, 0.2) is 5.75 Å². The van der Waals surface area contributed by atoms with Crippen molar-refractivity contribution in [3.8, 4) is 5.75 Å². The topological polar surface area (TPSA) is 52.4 Å². The van der Waals surface area contributed by atoms with Gasteiger partial charge in [0, 0.05) is 16.3 Å². The Kier molecular flexibility index (Phi) is 5.34. The van der Waals surface area contributed by atoms with E-state index < -0.39 is 4.92 Å². The number of nitro groups is 1. The Hall–Kier alpha value is -1.01. The molecule has 86 valence electrons. The molecule has 4 nitrogen and oxygen atoms in total. The lowest BCUT2D eigenvalue weighted by Gasteiger charge is -2.04. The maximum atomic E-state index is 10.7. The molecule has 0 aliphatic rings. The summed E-state index contributed by atoms with van der Waals surface area (Å²) in [7, 11) is 0.